The van der Waals surface area contributed by atoms with Gasteiger partial charge in [0.15, 0.2) is 0 Å². The van der Waals surface area contributed by atoms with Crippen LogP contribution in [0.25, 0.3) is 5.65 Å². The maximum atomic E-state index is 2.33. The van der Waals surface area contributed by atoms with Gasteiger partial charge < -0.3 is 17.0 Å². The number of rotatable bonds is 5. The molecule has 2 nitrogen and oxygen atoms in total. The Balaban J connectivity index is 0.00000128. The molecule has 0 aliphatic heterocycles. The lowest BCUT2D eigenvalue weighted by Crippen LogP contribution is -3.00. The largest absolute Gasteiger partial charge is 1.00 e. The van der Waals surface area contributed by atoms with Gasteiger partial charge in [-0.05, 0) is 18.9 Å². The predicted octanol–water partition coefficient (Wildman–Crippen LogP) is -0.189. The van der Waals surface area contributed by atoms with Crippen LogP contribution >= 0.6 is 0 Å². The Kier molecular flexibility index (Phi) is 5.53. The number of unbranched alkanes of at least 4 members (excludes halogenated alkanes) is 3. The Bertz CT molecular complexity index is 423. The third kappa shape index (κ3) is 3.08. The van der Waals surface area contributed by atoms with Crippen LogP contribution in [0, 0.1) is 0 Å². The number of hydrogen-bond donors (Lipinski definition) is 0. The molecule has 0 saturated carbocycles. The van der Waals surface area contributed by atoms with Crippen molar-refractivity contribution in [1.82, 2.24) is 4.40 Å². The van der Waals surface area contributed by atoms with Gasteiger partial charge in [-0.15, -0.1) is 0 Å². The van der Waals surface area contributed by atoms with Crippen LogP contribution in [0.5, 0.6) is 0 Å². The fraction of sp³-hybridized carbons (Fsp3) is 0.462. The molecule has 2 rings (SSSR count). The molecule has 0 amide bonds. The normalized spacial score (nSPS) is 10.3. The molecule has 0 aromatic carbocycles. The summed E-state index contributed by atoms with van der Waals surface area (Å²) in [6.07, 6.45) is 11.7. The number of aryl methyl sites for hydroxylation is 1. The molecule has 3 heteroatoms. The Morgan fingerprint density at radius 2 is 2.00 bits per heavy atom. The van der Waals surface area contributed by atoms with E-state index >= 15 is 0 Å². The number of aromatic nitrogens is 2. The zero-order chi connectivity index (χ0) is 10.5. The van der Waals surface area contributed by atoms with Gasteiger partial charge in [0, 0.05) is 6.07 Å². The molecular weight excluding hydrogens is 264 g/mol. The van der Waals surface area contributed by atoms with Gasteiger partial charge in [-0.25, -0.2) is 8.97 Å². The Hall–Kier alpha value is -0.830. The average molecular weight is 283 g/mol. The highest BCUT2D eigenvalue weighted by Gasteiger charge is 2.06. The second-order valence-corrected chi connectivity index (χ2v) is 4.02. The van der Waals surface area contributed by atoms with E-state index < -0.39 is 0 Å². The standard InChI is InChI=1S/C13H19N2.BrH/c1-2-3-4-6-9-14-11-12-15-10-7-5-8-13(14)15;/h5,7-8,10-12H,2-4,6,9H2,1H3;1H/q+1;/p-1. The first-order valence-electron chi connectivity index (χ1n) is 5.87. The lowest BCUT2D eigenvalue weighted by Gasteiger charge is -1.97. The Morgan fingerprint density at radius 3 is 2.81 bits per heavy atom. The molecule has 0 aliphatic carbocycles. The van der Waals surface area contributed by atoms with E-state index in [1.807, 2.05) is 0 Å². The minimum Gasteiger partial charge on any atom is -1.00 e. The van der Waals surface area contributed by atoms with E-state index in [-0.39, 0.29) is 17.0 Å². The average Bonchev–Trinajstić information content (AvgIpc) is 2.68. The summed E-state index contributed by atoms with van der Waals surface area (Å²) >= 11 is 0. The van der Waals surface area contributed by atoms with Gasteiger partial charge in [0.05, 0.1) is 12.7 Å². The van der Waals surface area contributed by atoms with Crippen molar-refractivity contribution in [3.05, 3.63) is 36.8 Å². The van der Waals surface area contributed by atoms with Gasteiger partial charge >= 0.3 is 0 Å². The summed E-state index contributed by atoms with van der Waals surface area (Å²) < 4.78 is 4.50. The van der Waals surface area contributed by atoms with Gasteiger partial charge in [-0.1, -0.05) is 25.8 Å². The molecule has 0 radical (unpaired) electrons. The van der Waals surface area contributed by atoms with Crippen molar-refractivity contribution < 1.29 is 21.5 Å². The number of imidazole rings is 1. The lowest BCUT2D eigenvalue weighted by molar-refractivity contribution is -0.671. The van der Waals surface area contributed by atoms with Gasteiger partial charge in [-0.2, -0.15) is 0 Å². The zero-order valence-electron chi connectivity index (χ0n) is 9.77. The molecular formula is C13H19BrN2. The number of nitrogens with zero attached hydrogens (tertiary/aromatic N) is 2. The molecule has 0 atom stereocenters. The van der Waals surface area contributed by atoms with Gasteiger partial charge in [-0.3, -0.25) is 0 Å². The molecule has 2 aromatic heterocycles. The second kappa shape index (κ2) is 6.69. The summed E-state index contributed by atoms with van der Waals surface area (Å²) in [7, 11) is 0. The van der Waals surface area contributed by atoms with Crippen molar-refractivity contribution in [2.75, 3.05) is 0 Å². The van der Waals surface area contributed by atoms with E-state index in [1.54, 1.807) is 0 Å². The molecule has 2 aromatic rings. The minimum absolute atomic E-state index is 0. The van der Waals surface area contributed by atoms with Crippen LogP contribution in [0.4, 0.5) is 0 Å². The summed E-state index contributed by atoms with van der Waals surface area (Å²) in [5.41, 5.74) is 1.29. The third-order valence-electron chi connectivity index (χ3n) is 2.82. The fourth-order valence-electron chi connectivity index (χ4n) is 1.94. The smallest absolute Gasteiger partial charge is 0.286 e. The summed E-state index contributed by atoms with van der Waals surface area (Å²) in [5, 5.41) is 0. The third-order valence-corrected chi connectivity index (χ3v) is 2.82. The number of fused-ring (bicyclic) bond motifs is 1. The van der Waals surface area contributed by atoms with Crippen LogP contribution in [0.3, 0.4) is 0 Å². The SMILES string of the molecule is CCCCCC[n+]1ccn2ccccc21.[Br-]. The quantitative estimate of drug-likeness (QED) is 0.531. The highest BCUT2D eigenvalue weighted by molar-refractivity contribution is 5.30. The molecule has 0 spiro atoms. The summed E-state index contributed by atoms with van der Waals surface area (Å²) in [6, 6.07) is 6.33. The molecule has 0 saturated heterocycles. The monoisotopic (exact) mass is 282 g/mol. The number of pyridine rings is 1. The van der Waals surface area contributed by atoms with E-state index in [0.717, 1.165) is 6.54 Å². The molecule has 88 valence electrons. The van der Waals surface area contributed by atoms with Crippen molar-refractivity contribution in [1.29, 1.82) is 0 Å². The molecule has 2 heterocycles. The summed E-state index contributed by atoms with van der Waals surface area (Å²) in [4.78, 5) is 0. The highest BCUT2D eigenvalue weighted by atomic mass is 79.9. The molecule has 0 aliphatic rings. The van der Waals surface area contributed by atoms with E-state index in [4.69, 9.17) is 0 Å². The first-order valence-corrected chi connectivity index (χ1v) is 5.87. The summed E-state index contributed by atoms with van der Waals surface area (Å²) in [6.45, 7) is 3.39. The molecule has 0 N–H and O–H groups in total. The maximum absolute atomic E-state index is 2.33. The topological polar surface area (TPSA) is 8.29 Å². The van der Waals surface area contributed by atoms with Gasteiger partial charge in [0.1, 0.15) is 12.4 Å². The Morgan fingerprint density at radius 1 is 1.12 bits per heavy atom. The van der Waals surface area contributed by atoms with Crippen molar-refractivity contribution in [2.24, 2.45) is 0 Å². The molecule has 0 bridgehead atoms. The number of hydrogen-bond acceptors (Lipinski definition) is 0. The van der Waals surface area contributed by atoms with Crippen LogP contribution in [0.1, 0.15) is 32.6 Å². The fourth-order valence-corrected chi connectivity index (χ4v) is 1.94. The minimum atomic E-state index is 0. The van der Waals surface area contributed by atoms with Crippen LogP contribution in [-0.2, 0) is 6.54 Å². The van der Waals surface area contributed by atoms with Crippen molar-refractivity contribution in [3.8, 4) is 0 Å². The van der Waals surface area contributed by atoms with Crippen LogP contribution in [0.2, 0.25) is 0 Å². The highest BCUT2D eigenvalue weighted by Crippen LogP contribution is 2.01. The van der Waals surface area contributed by atoms with E-state index in [2.05, 4.69) is 52.7 Å². The van der Waals surface area contributed by atoms with Crippen LogP contribution in [-0.4, -0.2) is 4.40 Å². The second-order valence-electron chi connectivity index (χ2n) is 4.02. The van der Waals surface area contributed by atoms with Gasteiger partial charge in [0.2, 0.25) is 0 Å². The zero-order valence-corrected chi connectivity index (χ0v) is 11.4. The first kappa shape index (κ1) is 13.2. The first-order chi connectivity index (χ1) is 7.42. The molecule has 0 unspecified atom stereocenters. The number of halogens is 1. The molecule has 16 heavy (non-hydrogen) atoms. The van der Waals surface area contributed by atoms with E-state index in [0.29, 0.717) is 0 Å². The maximum Gasteiger partial charge on any atom is 0.286 e. The Labute approximate surface area is 108 Å². The summed E-state index contributed by atoms with van der Waals surface area (Å²) in [5.74, 6) is 0. The lowest BCUT2D eigenvalue weighted by atomic mass is 10.2. The van der Waals surface area contributed by atoms with Crippen LogP contribution < -0.4 is 21.5 Å². The van der Waals surface area contributed by atoms with Crippen LogP contribution in [0.15, 0.2) is 36.8 Å². The van der Waals surface area contributed by atoms with Crippen molar-refractivity contribution >= 4 is 5.65 Å². The molecule has 0 fully saturated rings. The van der Waals surface area contributed by atoms with Gasteiger partial charge in [0.25, 0.3) is 5.65 Å². The van der Waals surface area contributed by atoms with E-state index in [9.17, 15) is 0 Å². The van der Waals surface area contributed by atoms with Crippen molar-refractivity contribution in [2.45, 2.75) is 39.2 Å². The van der Waals surface area contributed by atoms with Crippen molar-refractivity contribution in [3.63, 3.8) is 0 Å². The van der Waals surface area contributed by atoms with E-state index in [1.165, 1.54) is 31.3 Å². The predicted molar refractivity (Wildman–Crippen MR) is 61.7 cm³/mol.